The number of urea groups is 2. The third kappa shape index (κ3) is 10.2. The maximum atomic E-state index is 11.5. The third-order valence-corrected chi connectivity index (χ3v) is 3.25. The van der Waals surface area contributed by atoms with E-state index in [0.717, 1.165) is 35.7 Å². The van der Waals surface area contributed by atoms with Gasteiger partial charge in [0.2, 0.25) is 0 Å². The van der Waals surface area contributed by atoms with Crippen LogP contribution in [-0.4, -0.2) is 60.0 Å². The summed E-state index contributed by atoms with van der Waals surface area (Å²) in [7, 11) is 0. The third-order valence-electron chi connectivity index (χ3n) is 2.91. The minimum Gasteiger partial charge on any atom is -0.336 e. The molecule has 10 nitrogen and oxygen atoms in total. The van der Waals surface area contributed by atoms with E-state index >= 15 is 0 Å². The zero-order valence-corrected chi connectivity index (χ0v) is 14.8. The first-order valence-electron chi connectivity index (χ1n) is 7.49. The molecule has 0 fully saturated rings. The highest BCUT2D eigenvalue weighted by Crippen LogP contribution is 2.00. The second-order valence-electron chi connectivity index (χ2n) is 4.67. The van der Waals surface area contributed by atoms with Gasteiger partial charge in [0.1, 0.15) is 0 Å². The SMILES string of the molecule is O=NN(CCCl)C(=O)NCCCCCCNC(=O)N(CCCl)N=O. The lowest BCUT2D eigenvalue weighted by molar-refractivity contribution is 0.201. The van der Waals surface area contributed by atoms with Gasteiger partial charge in [-0.3, -0.25) is 0 Å². The molecule has 0 aliphatic rings. The summed E-state index contributed by atoms with van der Waals surface area (Å²) in [6.45, 7) is 0.954. The van der Waals surface area contributed by atoms with Gasteiger partial charge in [0.15, 0.2) is 0 Å². The monoisotopic (exact) mass is 384 g/mol. The summed E-state index contributed by atoms with van der Waals surface area (Å²) >= 11 is 10.9. The van der Waals surface area contributed by atoms with Gasteiger partial charge in [-0.05, 0) is 12.8 Å². The number of hydrogen-bond acceptors (Lipinski definition) is 6. The maximum Gasteiger partial charge on any atom is 0.340 e. The van der Waals surface area contributed by atoms with Gasteiger partial charge < -0.3 is 10.6 Å². The van der Waals surface area contributed by atoms with Crippen LogP contribution in [0.15, 0.2) is 10.6 Å². The summed E-state index contributed by atoms with van der Waals surface area (Å²) in [4.78, 5) is 43.8. The molecule has 0 radical (unpaired) electrons. The maximum absolute atomic E-state index is 11.5. The molecule has 0 aliphatic heterocycles. The van der Waals surface area contributed by atoms with Crippen LogP contribution in [0.5, 0.6) is 0 Å². The van der Waals surface area contributed by atoms with Crippen LogP contribution < -0.4 is 10.6 Å². The molecule has 0 spiro atoms. The molecule has 24 heavy (non-hydrogen) atoms. The Balaban J connectivity index is 3.64. The molecule has 0 aliphatic carbocycles. The van der Waals surface area contributed by atoms with E-state index < -0.39 is 12.1 Å². The number of hydrogen-bond donors (Lipinski definition) is 2. The largest absolute Gasteiger partial charge is 0.340 e. The highest BCUT2D eigenvalue weighted by Gasteiger charge is 2.13. The van der Waals surface area contributed by atoms with Crippen molar-refractivity contribution in [2.24, 2.45) is 10.6 Å². The molecule has 0 aromatic heterocycles. The Kier molecular flexibility index (Phi) is 13.8. The summed E-state index contributed by atoms with van der Waals surface area (Å²) in [6, 6.07) is -1.14. The number of unbranched alkanes of at least 4 members (excludes halogenated alkanes) is 3. The molecule has 0 aromatic carbocycles. The molecule has 0 saturated carbocycles. The molecule has 138 valence electrons. The van der Waals surface area contributed by atoms with E-state index in [9.17, 15) is 19.4 Å². The van der Waals surface area contributed by atoms with Crippen molar-refractivity contribution in [3.05, 3.63) is 9.81 Å². The molecule has 0 heterocycles. The molecular weight excluding hydrogens is 363 g/mol. The smallest absolute Gasteiger partial charge is 0.336 e. The zero-order valence-electron chi connectivity index (χ0n) is 13.2. The van der Waals surface area contributed by atoms with Crippen molar-refractivity contribution in [1.29, 1.82) is 0 Å². The van der Waals surface area contributed by atoms with Crippen molar-refractivity contribution in [3.63, 3.8) is 0 Å². The van der Waals surface area contributed by atoms with Gasteiger partial charge in [-0.2, -0.15) is 10.0 Å². The van der Waals surface area contributed by atoms with Crippen molar-refractivity contribution < 1.29 is 9.59 Å². The second-order valence-corrected chi connectivity index (χ2v) is 5.42. The van der Waals surface area contributed by atoms with Gasteiger partial charge in [0, 0.05) is 24.8 Å². The fourth-order valence-electron chi connectivity index (χ4n) is 1.70. The molecule has 0 atom stereocenters. The average molecular weight is 385 g/mol. The molecule has 0 rings (SSSR count). The Morgan fingerprint density at radius 2 is 1.12 bits per heavy atom. The van der Waals surface area contributed by atoms with Crippen LogP contribution in [0.4, 0.5) is 9.59 Å². The predicted octanol–water partition coefficient (Wildman–Crippen LogP) is 2.41. The van der Waals surface area contributed by atoms with Crippen LogP contribution in [-0.2, 0) is 0 Å². The standard InChI is InChI=1S/C12H22Cl2N6O4/c13-5-9-19(17-23)11(21)15-7-3-1-2-4-8-16-12(22)20(18-24)10-6-14/h1-10H2,(H,15,21)(H,16,22). The van der Waals surface area contributed by atoms with Crippen LogP contribution in [0.3, 0.4) is 0 Å². The number of nitrogens with one attached hydrogen (secondary N) is 2. The summed E-state index contributed by atoms with van der Waals surface area (Å²) in [6.07, 6.45) is 3.11. The Bertz CT molecular complexity index is 366. The Morgan fingerprint density at radius 1 is 0.750 bits per heavy atom. The van der Waals surface area contributed by atoms with E-state index in [0.29, 0.717) is 13.1 Å². The van der Waals surface area contributed by atoms with E-state index in [-0.39, 0.29) is 24.8 Å². The lowest BCUT2D eigenvalue weighted by atomic mass is 10.2. The topological polar surface area (TPSA) is 124 Å². The lowest BCUT2D eigenvalue weighted by Gasteiger charge is -2.13. The van der Waals surface area contributed by atoms with Crippen molar-refractivity contribution >= 4 is 35.3 Å². The van der Waals surface area contributed by atoms with Crippen molar-refractivity contribution in [3.8, 4) is 0 Å². The van der Waals surface area contributed by atoms with Gasteiger partial charge >= 0.3 is 12.1 Å². The van der Waals surface area contributed by atoms with Gasteiger partial charge in [-0.25, -0.2) is 9.59 Å². The fraction of sp³-hybridized carbons (Fsp3) is 0.833. The van der Waals surface area contributed by atoms with Crippen LogP contribution in [0.2, 0.25) is 0 Å². The molecule has 0 unspecified atom stereocenters. The summed E-state index contributed by atoms with van der Waals surface area (Å²) in [5, 5.41) is 11.7. The molecule has 12 heteroatoms. The number of carbonyl (C=O) groups is 2. The summed E-state index contributed by atoms with van der Waals surface area (Å²) < 4.78 is 0. The van der Waals surface area contributed by atoms with Gasteiger partial charge in [-0.15, -0.1) is 33.0 Å². The summed E-state index contributed by atoms with van der Waals surface area (Å²) in [5.74, 6) is 0.264. The van der Waals surface area contributed by atoms with Crippen molar-refractivity contribution in [1.82, 2.24) is 20.7 Å². The molecule has 0 saturated heterocycles. The van der Waals surface area contributed by atoms with Crippen LogP contribution in [0, 0.1) is 9.81 Å². The van der Waals surface area contributed by atoms with E-state index in [1.165, 1.54) is 0 Å². The minimum atomic E-state index is -0.571. The van der Waals surface area contributed by atoms with Gasteiger partial charge in [0.25, 0.3) is 0 Å². The second kappa shape index (κ2) is 14.9. The van der Waals surface area contributed by atoms with E-state index in [1.54, 1.807) is 0 Å². The number of rotatable bonds is 13. The van der Waals surface area contributed by atoms with Crippen LogP contribution in [0.25, 0.3) is 0 Å². The first-order valence-corrected chi connectivity index (χ1v) is 8.56. The molecular formula is C12H22Cl2N6O4. The van der Waals surface area contributed by atoms with Gasteiger partial charge in [-0.1, -0.05) is 12.8 Å². The average Bonchev–Trinajstić information content (AvgIpc) is 2.59. The van der Waals surface area contributed by atoms with E-state index in [2.05, 4.69) is 21.2 Å². The lowest BCUT2D eigenvalue weighted by Crippen LogP contribution is -2.38. The van der Waals surface area contributed by atoms with Crippen molar-refractivity contribution in [2.75, 3.05) is 37.9 Å². The quantitative estimate of drug-likeness (QED) is 0.219. The Labute approximate surface area is 150 Å². The first kappa shape index (κ1) is 22.3. The highest BCUT2D eigenvalue weighted by atomic mass is 35.5. The number of amides is 4. The normalized spacial score (nSPS) is 9.92. The molecule has 2 N–H and O–H groups in total. The number of halogens is 2. The summed E-state index contributed by atoms with van der Waals surface area (Å²) in [5.41, 5.74) is 0. The van der Waals surface area contributed by atoms with E-state index in [4.69, 9.17) is 23.2 Å². The predicted molar refractivity (Wildman–Crippen MR) is 91.7 cm³/mol. The Morgan fingerprint density at radius 3 is 1.42 bits per heavy atom. The molecule has 0 aromatic rings. The van der Waals surface area contributed by atoms with E-state index in [1.807, 2.05) is 0 Å². The number of nitrogens with zero attached hydrogens (tertiary/aromatic N) is 4. The number of nitroso groups, excluding NO2 is 2. The highest BCUT2D eigenvalue weighted by molar-refractivity contribution is 6.18. The molecule has 0 bridgehead atoms. The minimum absolute atomic E-state index is 0.0625. The zero-order chi connectivity index (χ0) is 18.2. The van der Waals surface area contributed by atoms with Crippen LogP contribution in [0.1, 0.15) is 25.7 Å². The van der Waals surface area contributed by atoms with Gasteiger partial charge in [0.05, 0.1) is 23.7 Å². The number of alkyl halides is 2. The molecule has 4 amide bonds. The fourth-order valence-corrected chi connectivity index (χ4v) is 2.02. The Hall–Kier alpha value is -1.68. The first-order chi connectivity index (χ1) is 11.6. The van der Waals surface area contributed by atoms with Crippen molar-refractivity contribution in [2.45, 2.75) is 25.7 Å². The van der Waals surface area contributed by atoms with Crippen LogP contribution >= 0.6 is 23.2 Å². The number of carbonyl (C=O) groups excluding carboxylic acids is 2.